The molecule has 0 aliphatic rings. The molecule has 5 aromatic carbocycles. The van der Waals surface area contributed by atoms with E-state index in [1.54, 1.807) is 0 Å². The SMILES string of the molecule is CC(C)(C)c1ccc2sc3c(-c4ccc(-c5nnc6c7ccccc7c7ccccc7n56)cc4)cc(C(C)(C)C)cc3c2c1. The fraction of sp³-hybridized carbons (Fsp3) is 0.200. The van der Waals surface area contributed by atoms with Gasteiger partial charge in [0.05, 0.1) is 5.52 Å². The lowest BCUT2D eigenvalue weighted by Crippen LogP contribution is -2.11. The van der Waals surface area contributed by atoms with Crippen LogP contribution in [0.5, 0.6) is 0 Å². The Labute approximate surface area is 261 Å². The molecule has 3 aromatic heterocycles. The molecule has 8 aromatic rings. The molecule has 3 nitrogen and oxygen atoms in total. The molecule has 0 saturated heterocycles. The van der Waals surface area contributed by atoms with Gasteiger partial charge in [-0.2, -0.15) is 0 Å². The van der Waals surface area contributed by atoms with Crippen LogP contribution in [0.15, 0.2) is 103 Å². The summed E-state index contributed by atoms with van der Waals surface area (Å²) >= 11 is 1.90. The van der Waals surface area contributed by atoms with Crippen molar-refractivity contribution in [3.8, 4) is 22.5 Å². The summed E-state index contributed by atoms with van der Waals surface area (Å²) in [5, 5.41) is 15.7. The van der Waals surface area contributed by atoms with Crippen molar-refractivity contribution < 1.29 is 0 Å². The molecule has 0 fully saturated rings. The van der Waals surface area contributed by atoms with E-state index < -0.39 is 0 Å². The summed E-state index contributed by atoms with van der Waals surface area (Å²) in [6.07, 6.45) is 0. The highest BCUT2D eigenvalue weighted by atomic mass is 32.1. The highest BCUT2D eigenvalue weighted by Gasteiger charge is 2.22. The van der Waals surface area contributed by atoms with Crippen LogP contribution >= 0.6 is 11.3 Å². The van der Waals surface area contributed by atoms with Gasteiger partial charge in [-0.05, 0) is 68.8 Å². The third-order valence-electron chi connectivity index (χ3n) is 9.02. The Morgan fingerprint density at radius 3 is 1.91 bits per heavy atom. The Morgan fingerprint density at radius 1 is 0.545 bits per heavy atom. The number of rotatable bonds is 2. The van der Waals surface area contributed by atoms with E-state index in [-0.39, 0.29) is 10.8 Å². The van der Waals surface area contributed by atoms with Crippen LogP contribution in [0, 0.1) is 0 Å². The van der Waals surface area contributed by atoms with Crippen molar-refractivity contribution in [2.24, 2.45) is 0 Å². The zero-order valence-electron chi connectivity index (χ0n) is 26.1. The van der Waals surface area contributed by atoms with E-state index in [1.807, 2.05) is 11.3 Å². The summed E-state index contributed by atoms with van der Waals surface area (Å²) in [5.41, 5.74) is 8.43. The van der Waals surface area contributed by atoms with Gasteiger partial charge in [-0.25, -0.2) is 0 Å². The Balaban J connectivity index is 1.32. The van der Waals surface area contributed by atoms with Gasteiger partial charge in [0.15, 0.2) is 11.5 Å². The second-order valence-electron chi connectivity index (χ2n) is 14.0. The molecule has 3 heterocycles. The predicted molar refractivity (Wildman–Crippen MR) is 189 cm³/mol. The number of benzene rings is 5. The Morgan fingerprint density at radius 2 is 1.18 bits per heavy atom. The summed E-state index contributed by atoms with van der Waals surface area (Å²) in [5.74, 6) is 0.860. The van der Waals surface area contributed by atoms with E-state index in [9.17, 15) is 0 Å². The van der Waals surface area contributed by atoms with Gasteiger partial charge in [0.2, 0.25) is 0 Å². The molecular formula is C40H35N3S. The van der Waals surface area contributed by atoms with Gasteiger partial charge in [0.25, 0.3) is 0 Å². The van der Waals surface area contributed by atoms with Crippen LogP contribution in [0.2, 0.25) is 0 Å². The van der Waals surface area contributed by atoms with Gasteiger partial charge >= 0.3 is 0 Å². The van der Waals surface area contributed by atoms with E-state index in [4.69, 9.17) is 10.2 Å². The average molecular weight is 590 g/mol. The summed E-state index contributed by atoms with van der Waals surface area (Å²) in [6.45, 7) is 13.8. The fourth-order valence-electron chi connectivity index (χ4n) is 6.47. The number of pyridine rings is 1. The van der Waals surface area contributed by atoms with Crippen molar-refractivity contribution in [3.05, 3.63) is 114 Å². The molecule has 44 heavy (non-hydrogen) atoms. The molecule has 0 N–H and O–H groups in total. The molecule has 0 atom stereocenters. The molecule has 0 amide bonds. The normalized spacial score (nSPS) is 12.8. The number of aromatic nitrogens is 3. The second-order valence-corrected chi connectivity index (χ2v) is 15.1. The van der Waals surface area contributed by atoms with Gasteiger partial charge in [-0.15, -0.1) is 21.5 Å². The quantitative estimate of drug-likeness (QED) is 0.188. The lowest BCUT2D eigenvalue weighted by Gasteiger charge is -2.21. The third-order valence-corrected chi connectivity index (χ3v) is 10.2. The van der Waals surface area contributed by atoms with Crippen LogP contribution in [-0.4, -0.2) is 14.6 Å². The first-order valence-corrected chi connectivity index (χ1v) is 16.2. The Bertz CT molecular complexity index is 2390. The minimum atomic E-state index is 0.0308. The largest absolute Gasteiger partial charge is 0.274 e. The first kappa shape index (κ1) is 27.0. The summed E-state index contributed by atoms with van der Waals surface area (Å²) in [4.78, 5) is 0. The maximum atomic E-state index is 4.74. The minimum Gasteiger partial charge on any atom is -0.274 e. The maximum absolute atomic E-state index is 4.74. The van der Waals surface area contributed by atoms with Crippen LogP contribution < -0.4 is 0 Å². The molecule has 0 aliphatic carbocycles. The first-order chi connectivity index (χ1) is 21.1. The van der Waals surface area contributed by atoms with Gasteiger partial charge in [-0.1, -0.05) is 114 Å². The lowest BCUT2D eigenvalue weighted by molar-refractivity contribution is 0.590. The molecule has 0 aliphatic heterocycles. The van der Waals surface area contributed by atoms with E-state index in [0.717, 1.165) is 27.9 Å². The van der Waals surface area contributed by atoms with Crippen molar-refractivity contribution in [1.29, 1.82) is 0 Å². The summed E-state index contributed by atoms with van der Waals surface area (Å²) in [7, 11) is 0. The number of hydrogen-bond donors (Lipinski definition) is 0. The smallest absolute Gasteiger partial charge is 0.169 e. The Hall–Kier alpha value is -4.54. The van der Waals surface area contributed by atoms with Gasteiger partial charge in [-0.3, -0.25) is 4.40 Å². The summed E-state index contributed by atoms with van der Waals surface area (Å²) in [6, 6.07) is 37.8. The highest BCUT2D eigenvalue weighted by Crippen LogP contribution is 2.44. The van der Waals surface area contributed by atoms with Crippen molar-refractivity contribution in [2.45, 2.75) is 52.4 Å². The van der Waals surface area contributed by atoms with Crippen LogP contribution in [-0.2, 0) is 10.8 Å². The van der Waals surface area contributed by atoms with E-state index in [2.05, 4.69) is 149 Å². The van der Waals surface area contributed by atoms with Crippen LogP contribution in [0.4, 0.5) is 0 Å². The average Bonchev–Trinajstić information content (AvgIpc) is 3.62. The fourth-order valence-corrected chi connectivity index (χ4v) is 7.67. The highest BCUT2D eigenvalue weighted by molar-refractivity contribution is 7.26. The van der Waals surface area contributed by atoms with Crippen molar-refractivity contribution in [3.63, 3.8) is 0 Å². The zero-order valence-corrected chi connectivity index (χ0v) is 26.9. The third kappa shape index (κ3) is 4.16. The standard InChI is InChI=1S/C40H35N3S/c1-39(2,3)26-19-20-35-32(21-26)33-23-27(40(4,5)6)22-31(36(33)44-35)24-15-17-25(18-16-24)37-41-42-38-30-13-8-7-11-28(30)29-12-9-10-14-34(29)43(37)38/h7-23H,1-6H3. The van der Waals surface area contributed by atoms with Crippen molar-refractivity contribution in [2.75, 3.05) is 0 Å². The van der Waals surface area contributed by atoms with Crippen molar-refractivity contribution in [1.82, 2.24) is 14.6 Å². The second kappa shape index (κ2) is 9.48. The van der Waals surface area contributed by atoms with Crippen LogP contribution in [0.25, 0.3) is 70.0 Å². The monoisotopic (exact) mass is 589 g/mol. The molecule has 4 heteroatoms. The number of thiophene rings is 1. The lowest BCUT2D eigenvalue weighted by atomic mass is 9.83. The van der Waals surface area contributed by atoms with Gasteiger partial charge < -0.3 is 0 Å². The molecule has 0 radical (unpaired) electrons. The number of hydrogen-bond acceptors (Lipinski definition) is 3. The number of para-hydroxylation sites is 1. The number of fused-ring (bicyclic) bond motifs is 9. The minimum absolute atomic E-state index is 0.0308. The number of nitrogens with zero attached hydrogens (tertiary/aromatic N) is 3. The molecule has 8 rings (SSSR count). The van der Waals surface area contributed by atoms with Gasteiger partial charge in [0.1, 0.15) is 0 Å². The summed E-state index contributed by atoms with van der Waals surface area (Å²) < 4.78 is 4.90. The van der Waals surface area contributed by atoms with Crippen LogP contribution in [0.3, 0.4) is 0 Å². The van der Waals surface area contributed by atoms with Gasteiger partial charge in [0, 0.05) is 36.5 Å². The first-order valence-electron chi connectivity index (χ1n) is 15.3. The van der Waals surface area contributed by atoms with E-state index >= 15 is 0 Å². The molecular weight excluding hydrogens is 555 g/mol. The molecule has 0 saturated carbocycles. The Kier molecular flexibility index (Phi) is 5.82. The molecule has 0 bridgehead atoms. The van der Waals surface area contributed by atoms with E-state index in [0.29, 0.717) is 0 Å². The topological polar surface area (TPSA) is 30.2 Å². The predicted octanol–water partition coefficient (Wildman–Crippen LogP) is 11.3. The molecule has 0 spiro atoms. The van der Waals surface area contributed by atoms with Crippen LogP contribution in [0.1, 0.15) is 52.7 Å². The maximum Gasteiger partial charge on any atom is 0.169 e. The molecule has 0 unspecified atom stereocenters. The van der Waals surface area contributed by atoms with E-state index in [1.165, 1.54) is 53.2 Å². The molecule has 216 valence electrons. The van der Waals surface area contributed by atoms with Crippen molar-refractivity contribution >= 4 is 58.8 Å². The zero-order chi connectivity index (χ0) is 30.4.